The summed E-state index contributed by atoms with van der Waals surface area (Å²) in [6.45, 7) is 0.0432. The van der Waals surface area contributed by atoms with Crippen molar-refractivity contribution in [1.82, 2.24) is 5.32 Å². The highest BCUT2D eigenvalue weighted by atomic mass is 19.3. The summed E-state index contributed by atoms with van der Waals surface area (Å²) in [7, 11) is 0. The Hall–Kier alpha value is -3.49. The molecule has 0 bridgehead atoms. The zero-order valence-electron chi connectivity index (χ0n) is 17.9. The number of ether oxygens (including phenoxy) is 1. The van der Waals surface area contributed by atoms with Crippen LogP contribution in [0.1, 0.15) is 22.8 Å². The summed E-state index contributed by atoms with van der Waals surface area (Å²) in [5.41, 5.74) is 1.57. The predicted octanol–water partition coefficient (Wildman–Crippen LogP) is 4.00. The minimum absolute atomic E-state index is 0.0883. The minimum atomic E-state index is -3.09. The maximum atomic E-state index is 14.3. The molecule has 1 amide bonds. The van der Waals surface area contributed by atoms with Crippen LogP contribution in [0.5, 0.6) is 11.5 Å². The largest absolute Gasteiger partial charge is 0.506 e. The predicted molar refractivity (Wildman–Crippen MR) is 122 cm³/mol. The number of hydrogen-bond acceptors (Lipinski definition) is 5. The molecule has 33 heavy (non-hydrogen) atoms. The lowest BCUT2D eigenvalue weighted by molar-refractivity contribution is -0.105. The number of rotatable bonds is 12. The molecular weight excluding hydrogens is 430 g/mol. The molecule has 0 aliphatic rings. The lowest BCUT2D eigenvalue weighted by atomic mass is 10.1. The van der Waals surface area contributed by atoms with Crippen LogP contribution in [0.4, 0.5) is 14.5 Å². The number of amides is 1. The number of phenols is 1. The molecule has 3 aromatic rings. The van der Waals surface area contributed by atoms with Crippen LogP contribution in [0.25, 0.3) is 0 Å². The molecule has 0 unspecified atom stereocenters. The summed E-state index contributed by atoms with van der Waals surface area (Å²) in [6, 6.07) is 19.0. The van der Waals surface area contributed by atoms with E-state index < -0.39 is 18.6 Å². The third-order valence-electron chi connectivity index (χ3n) is 5.06. The van der Waals surface area contributed by atoms with Crippen LogP contribution in [0.3, 0.4) is 0 Å². The summed E-state index contributed by atoms with van der Waals surface area (Å²) < 4.78 is 34.0. The third kappa shape index (κ3) is 7.00. The van der Waals surface area contributed by atoms with Crippen molar-refractivity contribution in [3.63, 3.8) is 0 Å². The average molecular weight is 456 g/mol. The van der Waals surface area contributed by atoms with Gasteiger partial charge in [-0.2, -0.15) is 8.78 Å². The van der Waals surface area contributed by atoms with Gasteiger partial charge in [-0.1, -0.05) is 48.5 Å². The van der Waals surface area contributed by atoms with Gasteiger partial charge in [0.15, 0.2) is 6.61 Å². The molecule has 0 aliphatic heterocycles. The molecule has 3 rings (SSSR count). The van der Waals surface area contributed by atoms with Gasteiger partial charge in [-0.3, -0.25) is 4.79 Å². The Bertz CT molecular complexity index is 1050. The molecule has 0 aliphatic carbocycles. The molecule has 0 saturated heterocycles. The van der Waals surface area contributed by atoms with E-state index in [4.69, 9.17) is 4.74 Å². The summed E-state index contributed by atoms with van der Waals surface area (Å²) in [6.07, 6.45) is 0.212. The first-order chi connectivity index (χ1) is 15.9. The van der Waals surface area contributed by atoms with Crippen LogP contribution in [0.2, 0.25) is 0 Å². The van der Waals surface area contributed by atoms with Crippen molar-refractivity contribution in [2.45, 2.75) is 18.4 Å². The number of carbonyl (C=O) groups is 1. The number of halogens is 2. The van der Waals surface area contributed by atoms with Gasteiger partial charge >= 0.3 is 5.92 Å². The second-order valence-corrected chi connectivity index (χ2v) is 7.52. The summed E-state index contributed by atoms with van der Waals surface area (Å²) in [5.74, 6) is -2.82. The van der Waals surface area contributed by atoms with Gasteiger partial charge in [0.05, 0.1) is 11.8 Å². The summed E-state index contributed by atoms with van der Waals surface area (Å²) in [4.78, 5) is 10.6. The number of aromatic hydroxyl groups is 1. The minimum Gasteiger partial charge on any atom is -0.506 e. The molecule has 0 saturated carbocycles. The monoisotopic (exact) mass is 456 g/mol. The first kappa shape index (κ1) is 24.2. The molecule has 4 N–H and O–H groups in total. The molecule has 0 aromatic heterocycles. The number of benzene rings is 3. The molecule has 0 fully saturated rings. The highest BCUT2D eigenvalue weighted by molar-refractivity contribution is 5.75. The Morgan fingerprint density at radius 3 is 2.58 bits per heavy atom. The normalized spacial score (nSPS) is 12.2. The highest BCUT2D eigenvalue weighted by Crippen LogP contribution is 2.29. The van der Waals surface area contributed by atoms with Gasteiger partial charge in [0.1, 0.15) is 11.5 Å². The van der Waals surface area contributed by atoms with Crippen LogP contribution in [0, 0.1) is 0 Å². The van der Waals surface area contributed by atoms with Gasteiger partial charge in [0.25, 0.3) is 0 Å². The molecule has 1 atom stereocenters. The fraction of sp³-hybridized carbons (Fsp3) is 0.240. The van der Waals surface area contributed by atoms with Crippen LogP contribution in [0.15, 0.2) is 72.8 Å². The maximum absolute atomic E-state index is 14.3. The van der Waals surface area contributed by atoms with Crippen LogP contribution < -0.4 is 15.4 Å². The quantitative estimate of drug-likeness (QED) is 0.188. The van der Waals surface area contributed by atoms with Crippen LogP contribution in [-0.2, 0) is 17.1 Å². The molecular formula is C25H26F2N2O4. The summed E-state index contributed by atoms with van der Waals surface area (Å²) >= 11 is 0. The van der Waals surface area contributed by atoms with E-state index in [2.05, 4.69) is 10.6 Å². The van der Waals surface area contributed by atoms with Crippen molar-refractivity contribution in [3.8, 4) is 11.5 Å². The molecule has 174 valence electrons. The average Bonchev–Trinajstić information content (AvgIpc) is 2.83. The van der Waals surface area contributed by atoms with E-state index in [9.17, 15) is 23.8 Å². The standard InChI is InChI=1S/C25H26F2N2O4/c26-25(27,20-6-2-1-3-7-20)16-33-21-8-4-5-18(13-21)11-12-28-15-24(32)19-9-10-23(31)22(14-19)29-17-30/h1-10,13-14,17,24,28,31-32H,11-12,15-16H2,(H,29,30)/t24-/m0/s1. The fourth-order valence-corrected chi connectivity index (χ4v) is 3.26. The van der Waals surface area contributed by atoms with E-state index in [1.165, 1.54) is 24.3 Å². The van der Waals surface area contributed by atoms with Crippen LogP contribution in [-0.4, -0.2) is 36.3 Å². The van der Waals surface area contributed by atoms with Crippen LogP contribution >= 0.6 is 0 Å². The van der Waals surface area contributed by atoms with Crippen molar-refractivity contribution in [1.29, 1.82) is 0 Å². The number of phenolic OH excluding ortho intramolecular Hbond substituents is 1. The molecule has 0 heterocycles. The van der Waals surface area contributed by atoms with Crippen molar-refractivity contribution >= 4 is 12.1 Å². The van der Waals surface area contributed by atoms with Gasteiger partial charge in [-0.25, -0.2) is 0 Å². The van der Waals surface area contributed by atoms with Crippen molar-refractivity contribution in [2.24, 2.45) is 0 Å². The molecule has 3 aromatic carbocycles. The van der Waals surface area contributed by atoms with E-state index >= 15 is 0 Å². The van der Waals surface area contributed by atoms with Gasteiger partial charge in [0, 0.05) is 12.1 Å². The number of alkyl halides is 2. The number of hydrogen-bond donors (Lipinski definition) is 4. The topological polar surface area (TPSA) is 90.8 Å². The second-order valence-electron chi connectivity index (χ2n) is 7.52. The highest BCUT2D eigenvalue weighted by Gasteiger charge is 2.32. The van der Waals surface area contributed by atoms with E-state index in [1.807, 2.05) is 6.07 Å². The zero-order valence-corrected chi connectivity index (χ0v) is 17.9. The molecule has 6 nitrogen and oxygen atoms in total. The number of nitrogens with one attached hydrogen (secondary N) is 2. The second kappa shape index (κ2) is 11.4. The summed E-state index contributed by atoms with van der Waals surface area (Å²) in [5, 5.41) is 25.5. The Labute approximate surface area is 190 Å². The Morgan fingerprint density at radius 1 is 1.03 bits per heavy atom. The van der Waals surface area contributed by atoms with Gasteiger partial charge in [-0.05, 0) is 48.4 Å². The fourth-order valence-electron chi connectivity index (χ4n) is 3.26. The van der Waals surface area contributed by atoms with Crippen molar-refractivity contribution in [3.05, 3.63) is 89.5 Å². The number of aliphatic hydroxyl groups excluding tert-OH is 1. The Morgan fingerprint density at radius 2 is 1.82 bits per heavy atom. The number of anilines is 1. The Balaban J connectivity index is 1.47. The lowest BCUT2D eigenvalue weighted by Crippen LogP contribution is -2.24. The van der Waals surface area contributed by atoms with Gasteiger partial charge in [-0.15, -0.1) is 0 Å². The lowest BCUT2D eigenvalue weighted by Gasteiger charge is -2.18. The van der Waals surface area contributed by atoms with E-state index in [0.29, 0.717) is 30.7 Å². The van der Waals surface area contributed by atoms with E-state index in [-0.39, 0.29) is 23.5 Å². The third-order valence-corrected chi connectivity index (χ3v) is 5.06. The van der Waals surface area contributed by atoms with E-state index in [1.54, 1.807) is 42.5 Å². The molecule has 0 radical (unpaired) electrons. The van der Waals surface area contributed by atoms with E-state index in [0.717, 1.165) is 5.56 Å². The van der Waals surface area contributed by atoms with Gasteiger partial charge in [0.2, 0.25) is 6.41 Å². The smallest absolute Gasteiger partial charge is 0.306 e. The zero-order chi connectivity index (χ0) is 23.7. The SMILES string of the molecule is O=CNc1cc([C@@H](O)CNCCc2cccc(OCC(F)(F)c3ccccc3)c2)ccc1O. The molecule has 8 heteroatoms. The number of carbonyl (C=O) groups excluding carboxylic acids is 1. The Kier molecular flexibility index (Phi) is 8.34. The van der Waals surface area contributed by atoms with Crippen molar-refractivity contribution in [2.75, 3.05) is 25.0 Å². The van der Waals surface area contributed by atoms with Crippen molar-refractivity contribution < 1.29 is 28.5 Å². The maximum Gasteiger partial charge on any atom is 0.306 e. The molecule has 0 spiro atoms. The van der Waals surface area contributed by atoms with Gasteiger partial charge < -0.3 is 25.6 Å². The first-order valence-electron chi connectivity index (χ1n) is 10.5. The first-order valence-corrected chi connectivity index (χ1v) is 10.5. The number of aliphatic hydroxyl groups is 1.